The Hall–Kier alpha value is -2.29. The zero-order chi connectivity index (χ0) is 16.1. The molecule has 1 fully saturated rings. The number of hydrogen-bond acceptors (Lipinski definition) is 2. The molecule has 3 rings (SSSR count). The van der Waals surface area contributed by atoms with Gasteiger partial charge in [0.1, 0.15) is 5.75 Å². The van der Waals surface area contributed by atoms with E-state index in [-0.39, 0.29) is 11.3 Å². The smallest absolute Gasteiger partial charge is 0.230 e. The van der Waals surface area contributed by atoms with Gasteiger partial charge >= 0.3 is 0 Å². The summed E-state index contributed by atoms with van der Waals surface area (Å²) in [5.74, 6) is 0.980. The highest BCUT2D eigenvalue weighted by atomic mass is 16.5. The highest BCUT2D eigenvalue weighted by molar-refractivity contribution is 5.88. The van der Waals surface area contributed by atoms with E-state index < -0.39 is 0 Å². The summed E-state index contributed by atoms with van der Waals surface area (Å²) in [4.78, 5) is 12.9. The van der Waals surface area contributed by atoms with Crippen LogP contribution in [0.25, 0.3) is 0 Å². The van der Waals surface area contributed by atoms with Gasteiger partial charge in [-0.3, -0.25) is 4.79 Å². The largest absolute Gasteiger partial charge is 0.497 e. The third-order valence-corrected chi connectivity index (χ3v) is 4.83. The summed E-state index contributed by atoms with van der Waals surface area (Å²) in [6.07, 6.45) is 4.10. The zero-order valence-electron chi connectivity index (χ0n) is 13.5. The Labute approximate surface area is 137 Å². The Morgan fingerprint density at radius 2 is 1.70 bits per heavy atom. The molecule has 1 N–H and O–H groups in total. The van der Waals surface area contributed by atoms with E-state index in [1.807, 2.05) is 42.5 Å². The third kappa shape index (κ3) is 3.24. The van der Waals surface area contributed by atoms with Gasteiger partial charge in [-0.05, 0) is 36.1 Å². The van der Waals surface area contributed by atoms with E-state index in [0.717, 1.165) is 42.6 Å². The number of rotatable bonds is 5. The molecule has 0 bridgehead atoms. The number of methoxy groups -OCH3 is 1. The van der Waals surface area contributed by atoms with E-state index in [9.17, 15) is 4.79 Å². The van der Waals surface area contributed by atoms with Crippen molar-refractivity contribution in [2.24, 2.45) is 0 Å². The molecule has 1 amide bonds. The second-order valence-electron chi connectivity index (χ2n) is 6.19. The maximum absolute atomic E-state index is 12.9. The lowest BCUT2D eigenvalue weighted by Gasteiger charge is -2.28. The fourth-order valence-electron chi connectivity index (χ4n) is 3.48. The van der Waals surface area contributed by atoms with Gasteiger partial charge in [-0.15, -0.1) is 0 Å². The van der Waals surface area contributed by atoms with Gasteiger partial charge in [-0.1, -0.05) is 55.3 Å². The highest BCUT2D eigenvalue weighted by Crippen LogP contribution is 2.41. The van der Waals surface area contributed by atoms with E-state index >= 15 is 0 Å². The van der Waals surface area contributed by atoms with Crippen LogP contribution in [0.1, 0.15) is 36.8 Å². The van der Waals surface area contributed by atoms with Gasteiger partial charge in [0.15, 0.2) is 0 Å². The standard InChI is InChI=1S/C20H23NO2/c1-23-18-11-9-16(10-12-18)15-21-19(22)20(13-5-6-14-20)17-7-3-2-4-8-17/h2-4,7-12H,5-6,13-15H2,1H3,(H,21,22). The first-order valence-corrected chi connectivity index (χ1v) is 8.21. The predicted molar refractivity (Wildman–Crippen MR) is 91.4 cm³/mol. The van der Waals surface area contributed by atoms with Gasteiger partial charge in [-0.25, -0.2) is 0 Å². The van der Waals surface area contributed by atoms with Crippen LogP contribution in [0.5, 0.6) is 5.75 Å². The summed E-state index contributed by atoms with van der Waals surface area (Å²) in [6, 6.07) is 18.0. The molecular formula is C20H23NO2. The van der Waals surface area contributed by atoms with Crippen LogP contribution in [0.2, 0.25) is 0 Å². The van der Waals surface area contributed by atoms with E-state index in [1.54, 1.807) is 7.11 Å². The normalized spacial score (nSPS) is 16.0. The van der Waals surface area contributed by atoms with Crippen molar-refractivity contribution in [3.63, 3.8) is 0 Å². The molecule has 3 nitrogen and oxygen atoms in total. The molecule has 23 heavy (non-hydrogen) atoms. The van der Waals surface area contributed by atoms with Gasteiger partial charge in [0.05, 0.1) is 12.5 Å². The summed E-state index contributed by atoms with van der Waals surface area (Å²) in [7, 11) is 1.65. The van der Waals surface area contributed by atoms with Crippen LogP contribution < -0.4 is 10.1 Å². The van der Waals surface area contributed by atoms with E-state index in [1.165, 1.54) is 0 Å². The first-order valence-electron chi connectivity index (χ1n) is 8.21. The van der Waals surface area contributed by atoms with Crippen LogP contribution in [0.15, 0.2) is 54.6 Å². The molecule has 0 atom stereocenters. The molecule has 0 spiro atoms. The molecule has 3 heteroatoms. The number of carbonyl (C=O) groups is 1. The SMILES string of the molecule is COc1ccc(CNC(=O)C2(c3ccccc3)CCCC2)cc1. The Morgan fingerprint density at radius 1 is 1.04 bits per heavy atom. The maximum Gasteiger partial charge on any atom is 0.230 e. The van der Waals surface area contributed by atoms with Crippen molar-refractivity contribution in [2.75, 3.05) is 7.11 Å². The van der Waals surface area contributed by atoms with Crippen LogP contribution in [0, 0.1) is 0 Å². The van der Waals surface area contributed by atoms with Crippen molar-refractivity contribution >= 4 is 5.91 Å². The number of hydrogen-bond donors (Lipinski definition) is 1. The van der Waals surface area contributed by atoms with Crippen LogP contribution in [-0.4, -0.2) is 13.0 Å². The Bertz CT molecular complexity index is 643. The van der Waals surface area contributed by atoms with Crippen molar-refractivity contribution in [2.45, 2.75) is 37.6 Å². The van der Waals surface area contributed by atoms with Gasteiger partial charge < -0.3 is 10.1 Å². The highest BCUT2D eigenvalue weighted by Gasteiger charge is 2.42. The lowest BCUT2D eigenvalue weighted by molar-refractivity contribution is -0.126. The zero-order valence-corrected chi connectivity index (χ0v) is 13.5. The van der Waals surface area contributed by atoms with Crippen LogP contribution in [-0.2, 0) is 16.8 Å². The van der Waals surface area contributed by atoms with Gasteiger partial charge in [0, 0.05) is 6.54 Å². The predicted octanol–water partition coefficient (Wildman–Crippen LogP) is 3.82. The Balaban J connectivity index is 1.72. The van der Waals surface area contributed by atoms with Crippen molar-refractivity contribution in [1.29, 1.82) is 0 Å². The molecule has 120 valence electrons. The fourth-order valence-corrected chi connectivity index (χ4v) is 3.48. The van der Waals surface area contributed by atoms with Crippen LogP contribution >= 0.6 is 0 Å². The number of carbonyl (C=O) groups excluding carboxylic acids is 1. The molecular weight excluding hydrogens is 286 g/mol. The minimum Gasteiger partial charge on any atom is -0.497 e. The molecule has 1 aliphatic carbocycles. The summed E-state index contributed by atoms with van der Waals surface area (Å²) >= 11 is 0. The average molecular weight is 309 g/mol. The number of ether oxygens (including phenoxy) is 1. The minimum atomic E-state index is -0.353. The van der Waals surface area contributed by atoms with Crippen molar-refractivity contribution in [1.82, 2.24) is 5.32 Å². The second-order valence-corrected chi connectivity index (χ2v) is 6.19. The molecule has 2 aromatic rings. The minimum absolute atomic E-state index is 0.150. The number of benzene rings is 2. The number of amides is 1. The van der Waals surface area contributed by atoms with Crippen molar-refractivity contribution < 1.29 is 9.53 Å². The third-order valence-electron chi connectivity index (χ3n) is 4.83. The molecule has 0 saturated heterocycles. The molecule has 0 aromatic heterocycles. The van der Waals surface area contributed by atoms with Gasteiger partial charge in [-0.2, -0.15) is 0 Å². The average Bonchev–Trinajstić information content (AvgIpc) is 3.12. The van der Waals surface area contributed by atoms with E-state index in [4.69, 9.17) is 4.74 Å². The monoisotopic (exact) mass is 309 g/mol. The molecule has 0 unspecified atom stereocenters. The van der Waals surface area contributed by atoms with E-state index in [0.29, 0.717) is 6.54 Å². The lowest BCUT2D eigenvalue weighted by atomic mass is 9.78. The molecule has 0 heterocycles. The first kappa shape index (κ1) is 15.6. The molecule has 1 saturated carbocycles. The topological polar surface area (TPSA) is 38.3 Å². The quantitative estimate of drug-likeness (QED) is 0.911. The van der Waals surface area contributed by atoms with Crippen LogP contribution in [0.4, 0.5) is 0 Å². The summed E-state index contributed by atoms with van der Waals surface area (Å²) < 4.78 is 5.16. The summed E-state index contributed by atoms with van der Waals surface area (Å²) in [5.41, 5.74) is 1.87. The van der Waals surface area contributed by atoms with Crippen molar-refractivity contribution in [3.05, 3.63) is 65.7 Å². The second kappa shape index (κ2) is 6.86. The first-order chi connectivity index (χ1) is 11.2. The van der Waals surface area contributed by atoms with Crippen molar-refractivity contribution in [3.8, 4) is 5.75 Å². The fraction of sp³-hybridized carbons (Fsp3) is 0.350. The number of nitrogens with one attached hydrogen (secondary N) is 1. The lowest BCUT2D eigenvalue weighted by Crippen LogP contribution is -2.42. The van der Waals surface area contributed by atoms with Gasteiger partial charge in [0.2, 0.25) is 5.91 Å². The summed E-state index contributed by atoms with van der Waals surface area (Å²) in [6.45, 7) is 0.553. The molecule has 1 aliphatic rings. The van der Waals surface area contributed by atoms with Gasteiger partial charge in [0.25, 0.3) is 0 Å². The van der Waals surface area contributed by atoms with E-state index in [2.05, 4.69) is 17.4 Å². The Kier molecular flexibility index (Phi) is 4.65. The van der Waals surface area contributed by atoms with Crippen LogP contribution in [0.3, 0.4) is 0 Å². The maximum atomic E-state index is 12.9. The Morgan fingerprint density at radius 3 is 2.30 bits per heavy atom. The molecule has 2 aromatic carbocycles. The molecule has 0 aliphatic heterocycles. The molecule has 0 radical (unpaired) electrons. The summed E-state index contributed by atoms with van der Waals surface area (Å²) in [5, 5.41) is 3.14.